The summed E-state index contributed by atoms with van der Waals surface area (Å²) in [6.45, 7) is 2.19. The first-order valence-electron chi connectivity index (χ1n) is 6.20. The number of phenolic OH excluding ortho intramolecular Hbond substituents is 1. The highest BCUT2D eigenvalue weighted by Gasteiger charge is 2.40. The molecular weight excluding hydrogens is 216 g/mol. The van der Waals surface area contributed by atoms with Gasteiger partial charge in [-0.05, 0) is 30.4 Å². The van der Waals surface area contributed by atoms with Gasteiger partial charge in [0, 0.05) is 12.0 Å². The Bertz CT molecular complexity index is 467. The van der Waals surface area contributed by atoms with E-state index in [1.54, 1.807) is 12.1 Å². The minimum absolute atomic E-state index is 0.00999. The lowest BCUT2D eigenvalue weighted by Crippen LogP contribution is -2.35. The second-order valence-corrected chi connectivity index (χ2v) is 5.27. The lowest BCUT2D eigenvalue weighted by Gasteiger charge is -2.37. The Morgan fingerprint density at radius 2 is 2.12 bits per heavy atom. The van der Waals surface area contributed by atoms with Crippen LogP contribution in [0.25, 0.3) is 0 Å². The standard InChI is InChI=1S/C14H16O3/c1-8-2-4-10-11-5-3-9(15)7-13(11)17-14(16)12(10)6-8/h3,5,7-8,10,12,15H,2,4,6H2,1H3/t8-,10-,12-/m0/s1. The number of esters is 1. The van der Waals surface area contributed by atoms with Gasteiger partial charge in [-0.25, -0.2) is 0 Å². The zero-order chi connectivity index (χ0) is 12.0. The van der Waals surface area contributed by atoms with Crippen molar-refractivity contribution in [2.24, 2.45) is 11.8 Å². The molecule has 17 heavy (non-hydrogen) atoms. The third kappa shape index (κ3) is 1.70. The summed E-state index contributed by atoms with van der Waals surface area (Å²) in [5, 5.41) is 9.42. The minimum Gasteiger partial charge on any atom is -0.508 e. The van der Waals surface area contributed by atoms with Crippen molar-refractivity contribution in [1.29, 1.82) is 0 Å². The highest BCUT2D eigenvalue weighted by atomic mass is 16.5. The lowest BCUT2D eigenvalue weighted by molar-refractivity contribution is -0.143. The molecule has 1 aromatic carbocycles. The van der Waals surface area contributed by atoms with Gasteiger partial charge in [0.15, 0.2) is 0 Å². The highest BCUT2D eigenvalue weighted by Crippen LogP contribution is 2.47. The van der Waals surface area contributed by atoms with Gasteiger partial charge in [-0.3, -0.25) is 4.79 Å². The lowest BCUT2D eigenvalue weighted by atomic mass is 9.70. The van der Waals surface area contributed by atoms with E-state index in [9.17, 15) is 9.90 Å². The van der Waals surface area contributed by atoms with Crippen molar-refractivity contribution in [2.75, 3.05) is 0 Å². The summed E-state index contributed by atoms with van der Waals surface area (Å²) in [6, 6.07) is 5.11. The molecule has 0 spiro atoms. The van der Waals surface area contributed by atoms with Gasteiger partial charge in [0.05, 0.1) is 5.92 Å². The number of rotatable bonds is 0. The Hall–Kier alpha value is -1.51. The van der Waals surface area contributed by atoms with E-state index in [4.69, 9.17) is 4.74 Å². The summed E-state index contributed by atoms with van der Waals surface area (Å²) in [7, 11) is 0. The van der Waals surface area contributed by atoms with Crippen LogP contribution in [0.2, 0.25) is 0 Å². The fourth-order valence-electron chi connectivity index (χ4n) is 3.12. The summed E-state index contributed by atoms with van der Waals surface area (Å²) in [5.74, 6) is 1.46. The first-order chi connectivity index (χ1) is 8.15. The normalized spacial score (nSPS) is 31.4. The number of phenols is 1. The number of hydrogen-bond donors (Lipinski definition) is 1. The molecule has 0 amide bonds. The fourth-order valence-corrected chi connectivity index (χ4v) is 3.12. The van der Waals surface area contributed by atoms with Crippen molar-refractivity contribution >= 4 is 5.97 Å². The van der Waals surface area contributed by atoms with Crippen molar-refractivity contribution in [3.8, 4) is 11.5 Å². The van der Waals surface area contributed by atoms with Crippen LogP contribution < -0.4 is 4.74 Å². The topological polar surface area (TPSA) is 46.5 Å². The smallest absolute Gasteiger partial charge is 0.314 e. The van der Waals surface area contributed by atoms with E-state index in [2.05, 4.69) is 6.92 Å². The average Bonchev–Trinajstić information content (AvgIpc) is 2.29. The van der Waals surface area contributed by atoms with Crippen molar-refractivity contribution in [2.45, 2.75) is 32.1 Å². The largest absolute Gasteiger partial charge is 0.508 e. The maximum absolute atomic E-state index is 11.9. The molecule has 1 aliphatic carbocycles. The third-order valence-electron chi connectivity index (χ3n) is 4.02. The molecule has 1 aromatic rings. The fraction of sp³-hybridized carbons (Fsp3) is 0.500. The maximum Gasteiger partial charge on any atom is 0.314 e. The molecule has 1 fully saturated rings. The Kier molecular flexibility index (Phi) is 2.35. The molecule has 0 bridgehead atoms. The van der Waals surface area contributed by atoms with Crippen LogP contribution in [-0.4, -0.2) is 11.1 Å². The van der Waals surface area contributed by atoms with Crippen LogP contribution in [0.3, 0.4) is 0 Å². The van der Waals surface area contributed by atoms with Crippen LogP contribution in [0, 0.1) is 11.8 Å². The monoisotopic (exact) mass is 232 g/mol. The molecule has 1 heterocycles. The molecule has 3 nitrogen and oxygen atoms in total. The number of carbonyl (C=O) groups excluding carboxylic acids is 1. The Morgan fingerprint density at radius 1 is 1.29 bits per heavy atom. The molecule has 3 heteroatoms. The van der Waals surface area contributed by atoms with E-state index in [0.717, 1.165) is 24.8 Å². The number of carbonyl (C=O) groups is 1. The first-order valence-corrected chi connectivity index (χ1v) is 6.20. The SMILES string of the molecule is C[C@H]1CC[C@H]2c3ccc(O)cc3OC(=O)[C@H]2C1. The predicted octanol–water partition coefficient (Wildman–Crippen LogP) is 2.83. The van der Waals surface area contributed by atoms with Crippen molar-refractivity contribution in [3.05, 3.63) is 23.8 Å². The second-order valence-electron chi connectivity index (χ2n) is 5.27. The first kappa shape index (κ1) is 10.6. The van der Waals surface area contributed by atoms with Gasteiger partial charge in [-0.2, -0.15) is 0 Å². The van der Waals surface area contributed by atoms with Crippen LogP contribution >= 0.6 is 0 Å². The van der Waals surface area contributed by atoms with Gasteiger partial charge in [0.2, 0.25) is 0 Å². The quantitative estimate of drug-likeness (QED) is 0.552. The number of ether oxygens (including phenoxy) is 1. The molecule has 0 saturated heterocycles. The zero-order valence-electron chi connectivity index (χ0n) is 9.85. The van der Waals surface area contributed by atoms with Gasteiger partial charge in [-0.1, -0.05) is 19.4 Å². The van der Waals surface area contributed by atoms with E-state index in [0.29, 0.717) is 11.7 Å². The second kappa shape index (κ2) is 3.76. The predicted molar refractivity (Wildman–Crippen MR) is 63.0 cm³/mol. The van der Waals surface area contributed by atoms with E-state index in [-0.39, 0.29) is 23.6 Å². The van der Waals surface area contributed by atoms with E-state index >= 15 is 0 Å². The molecule has 3 atom stereocenters. The minimum atomic E-state index is -0.125. The molecule has 3 rings (SSSR count). The van der Waals surface area contributed by atoms with Gasteiger partial charge < -0.3 is 9.84 Å². The molecule has 0 aromatic heterocycles. The zero-order valence-corrected chi connectivity index (χ0v) is 9.85. The molecule has 1 aliphatic heterocycles. The van der Waals surface area contributed by atoms with Crippen LogP contribution in [0.4, 0.5) is 0 Å². The summed E-state index contributed by atoms with van der Waals surface area (Å²) >= 11 is 0. The molecule has 90 valence electrons. The van der Waals surface area contributed by atoms with Gasteiger partial charge >= 0.3 is 5.97 Å². The molecule has 1 N–H and O–H groups in total. The van der Waals surface area contributed by atoms with Gasteiger partial charge in [-0.15, -0.1) is 0 Å². The molecule has 2 aliphatic rings. The van der Waals surface area contributed by atoms with E-state index in [1.807, 2.05) is 6.07 Å². The summed E-state index contributed by atoms with van der Waals surface area (Å²) < 4.78 is 5.33. The van der Waals surface area contributed by atoms with Crippen molar-refractivity contribution in [1.82, 2.24) is 0 Å². The van der Waals surface area contributed by atoms with Gasteiger partial charge in [0.1, 0.15) is 11.5 Å². The summed E-state index contributed by atoms with van der Waals surface area (Å²) in [6.07, 6.45) is 3.12. The highest BCUT2D eigenvalue weighted by molar-refractivity contribution is 5.79. The summed E-state index contributed by atoms with van der Waals surface area (Å²) in [4.78, 5) is 11.9. The molecular formula is C14H16O3. The van der Waals surface area contributed by atoms with E-state index in [1.165, 1.54) is 0 Å². The number of aromatic hydroxyl groups is 1. The molecule has 0 unspecified atom stereocenters. The van der Waals surface area contributed by atoms with Crippen LogP contribution in [0.15, 0.2) is 18.2 Å². The summed E-state index contributed by atoms with van der Waals surface area (Å²) in [5.41, 5.74) is 1.08. The average molecular weight is 232 g/mol. The Labute approximate surface area is 100 Å². The van der Waals surface area contributed by atoms with Crippen LogP contribution in [0.1, 0.15) is 37.7 Å². The van der Waals surface area contributed by atoms with Crippen molar-refractivity contribution < 1.29 is 14.6 Å². The third-order valence-corrected chi connectivity index (χ3v) is 4.02. The molecule has 1 saturated carbocycles. The number of benzene rings is 1. The van der Waals surface area contributed by atoms with Gasteiger partial charge in [0.25, 0.3) is 0 Å². The van der Waals surface area contributed by atoms with Crippen molar-refractivity contribution in [3.63, 3.8) is 0 Å². The van der Waals surface area contributed by atoms with Crippen LogP contribution in [-0.2, 0) is 4.79 Å². The van der Waals surface area contributed by atoms with Crippen LogP contribution in [0.5, 0.6) is 11.5 Å². The maximum atomic E-state index is 11.9. The Morgan fingerprint density at radius 3 is 2.94 bits per heavy atom. The number of hydrogen-bond acceptors (Lipinski definition) is 3. The number of fused-ring (bicyclic) bond motifs is 3. The molecule has 0 radical (unpaired) electrons. The van der Waals surface area contributed by atoms with E-state index < -0.39 is 0 Å². The Balaban J connectivity index is 2.02.